The first kappa shape index (κ1) is 17.7. The Morgan fingerprint density at radius 1 is 1.31 bits per heavy atom. The molecule has 1 N–H and O–H groups in total. The molecule has 0 unspecified atom stereocenters. The second-order valence-electron chi connectivity index (χ2n) is 6.07. The number of anilines is 1. The van der Waals surface area contributed by atoms with Crippen molar-refractivity contribution >= 4 is 22.7 Å². The Bertz CT molecular complexity index is 989. The van der Waals surface area contributed by atoms with E-state index in [1.54, 1.807) is 32.0 Å². The predicted molar refractivity (Wildman–Crippen MR) is 96.4 cm³/mol. The van der Waals surface area contributed by atoms with E-state index in [-0.39, 0.29) is 5.91 Å². The molecule has 0 saturated carbocycles. The van der Waals surface area contributed by atoms with Crippen LogP contribution in [0.25, 0.3) is 11.0 Å². The molecule has 0 aliphatic heterocycles. The third-order valence-electron chi connectivity index (χ3n) is 3.88. The SMILES string of the molecule is CCCc1cc(=O)oc2cc(O[C@H](C)C(=O)Nc3cc(C)on3)ccc12. The molecule has 0 aliphatic carbocycles. The summed E-state index contributed by atoms with van der Waals surface area (Å²) in [6.07, 6.45) is 0.948. The first-order valence-electron chi connectivity index (χ1n) is 8.44. The molecule has 26 heavy (non-hydrogen) atoms. The zero-order valence-electron chi connectivity index (χ0n) is 14.9. The molecule has 136 valence electrons. The third kappa shape index (κ3) is 3.93. The number of hydrogen-bond acceptors (Lipinski definition) is 6. The molecule has 1 atom stereocenters. The van der Waals surface area contributed by atoms with E-state index in [4.69, 9.17) is 13.7 Å². The van der Waals surface area contributed by atoms with E-state index in [1.807, 2.05) is 6.07 Å². The number of carbonyl (C=O) groups excluding carboxylic acids is 1. The zero-order valence-corrected chi connectivity index (χ0v) is 14.9. The first-order valence-corrected chi connectivity index (χ1v) is 8.44. The number of nitrogens with zero attached hydrogens (tertiary/aromatic N) is 1. The fourth-order valence-electron chi connectivity index (χ4n) is 2.67. The van der Waals surface area contributed by atoms with E-state index in [1.165, 1.54) is 6.07 Å². The van der Waals surface area contributed by atoms with Gasteiger partial charge in [-0.15, -0.1) is 0 Å². The van der Waals surface area contributed by atoms with Gasteiger partial charge in [-0.25, -0.2) is 4.79 Å². The van der Waals surface area contributed by atoms with Gasteiger partial charge in [0.1, 0.15) is 17.1 Å². The number of amides is 1. The summed E-state index contributed by atoms with van der Waals surface area (Å²) in [6.45, 7) is 5.41. The molecule has 0 saturated heterocycles. The lowest BCUT2D eigenvalue weighted by atomic mass is 10.1. The summed E-state index contributed by atoms with van der Waals surface area (Å²) < 4.78 is 15.8. The topological polar surface area (TPSA) is 94.6 Å². The van der Waals surface area contributed by atoms with Crippen LogP contribution in [-0.2, 0) is 11.2 Å². The molecule has 0 aliphatic rings. The van der Waals surface area contributed by atoms with Crippen LogP contribution in [0, 0.1) is 6.92 Å². The maximum atomic E-state index is 12.2. The molecule has 7 nitrogen and oxygen atoms in total. The molecule has 0 fully saturated rings. The summed E-state index contributed by atoms with van der Waals surface area (Å²) in [7, 11) is 0. The van der Waals surface area contributed by atoms with Crippen molar-refractivity contribution in [2.45, 2.75) is 39.7 Å². The van der Waals surface area contributed by atoms with E-state index in [0.29, 0.717) is 22.9 Å². The van der Waals surface area contributed by atoms with Gasteiger partial charge in [-0.1, -0.05) is 18.5 Å². The molecule has 7 heteroatoms. The van der Waals surface area contributed by atoms with Gasteiger partial charge in [-0.05, 0) is 38.0 Å². The molecule has 2 heterocycles. The lowest BCUT2D eigenvalue weighted by Crippen LogP contribution is -2.30. The number of ether oxygens (including phenoxy) is 1. The van der Waals surface area contributed by atoms with Gasteiger partial charge in [0.25, 0.3) is 5.91 Å². The van der Waals surface area contributed by atoms with Crippen molar-refractivity contribution in [2.75, 3.05) is 5.32 Å². The number of rotatable bonds is 6. The van der Waals surface area contributed by atoms with Crippen LogP contribution < -0.4 is 15.7 Å². The highest BCUT2D eigenvalue weighted by atomic mass is 16.5. The maximum absolute atomic E-state index is 12.2. The molecular weight excluding hydrogens is 336 g/mol. The number of aryl methyl sites for hydroxylation is 2. The lowest BCUT2D eigenvalue weighted by Gasteiger charge is -2.14. The molecule has 0 bridgehead atoms. The van der Waals surface area contributed by atoms with Crippen LogP contribution in [0.2, 0.25) is 0 Å². The molecule has 2 aromatic heterocycles. The van der Waals surface area contributed by atoms with Crippen LogP contribution in [0.4, 0.5) is 5.82 Å². The monoisotopic (exact) mass is 356 g/mol. The van der Waals surface area contributed by atoms with E-state index in [9.17, 15) is 9.59 Å². The molecule has 0 radical (unpaired) electrons. The lowest BCUT2D eigenvalue weighted by molar-refractivity contribution is -0.122. The van der Waals surface area contributed by atoms with Crippen LogP contribution in [0.15, 0.2) is 44.1 Å². The standard InChI is InChI=1S/C19H20N2O5/c1-4-5-13-9-18(22)25-16-10-14(6-7-15(13)16)24-12(3)19(23)20-17-8-11(2)26-21-17/h6-10,12H,4-5H2,1-3H3,(H,20,21,23)/t12-/m1/s1. The van der Waals surface area contributed by atoms with Crippen molar-refractivity contribution in [3.8, 4) is 5.75 Å². The van der Waals surface area contributed by atoms with Crippen molar-refractivity contribution < 1.29 is 18.5 Å². The van der Waals surface area contributed by atoms with Crippen molar-refractivity contribution in [3.05, 3.63) is 52.1 Å². The fourth-order valence-corrected chi connectivity index (χ4v) is 2.67. The second-order valence-corrected chi connectivity index (χ2v) is 6.07. The Balaban J connectivity index is 1.77. The van der Waals surface area contributed by atoms with E-state index in [0.717, 1.165) is 23.8 Å². The zero-order chi connectivity index (χ0) is 18.7. The van der Waals surface area contributed by atoms with E-state index >= 15 is 0 Å². The van der Waals surface area contributed by atoms with Crippen molar-refractivity contribution in [1.82, 2.24) is 5.16 Å². The number of hydrogen-bond donors (Lipinski definition) is 1. The quantitative estimate of drug-likeness (QED) is 0.680. The predicted octanol–water partition coefficient (Wildman–Crippen LogP) is 3.45. The minimum Gasteiger partial charge on any atom is -0.481 e. The summed E-state index contributed by atoms with van der Waals surface area (Å²) >= 11 is 0. The first-order chi connectivity index (χ1) is 12.5. The molecule has 1 amide bonds. The Morgan fingerprint density at radius 2 is 2.12 bits per heavy atom. The number of aromatic nitrogens is 1. The van der Waals surface area contributed by atoms with Gasteiger partial charge >= 0.3 is 5.63 Å². The summed E-state index contributed by atoms with van der Waals surface area (Å²) in [6, 6.07) is 8.35. The van der Waals surface area contributed by atoms with Gasteiger partial charge in [-0.2, -0.15) is 0 Å². The van der Waals surface area contributed by atoms with Crippen LogP contribution in [0.1, 0.15) is 31.6 Å². The molecule has 1 aromatic carbocycles. The Hall–Kier alpha value is -3.09. The highest BCUT2D eigenvalue weighted by molar-refractivity contribution is 5.93. The van der Waals surface area contributed by atoms with Gasteiger partial charge in [0.2, 0.25) is 0 Å². The van der Waals surface area contributed by atoms with Gasteiger partial charge in [0.15, 0.2) is 11.9 Å². The van der Waals surface area contributed by atoms with E-state index < -0.39 is 11.7 Å². The van der Waals surface area contributed by atoms with Crippen LogP contribution >= 0.6 is 0 Å². The summed E-state index contributed by atoms with van der Waals surface area (Å²) in [5.41, 5.74) is 0.987. The smallest absolute Gasteiger partial charge is 0.336 e. The van der Waals surface area contributed by atoms with Crippen LogP contribution in [0.3, 0.4) is 0 Å². The van der Waals surface area contributed by atoms with Crippen LogP contribution in [-0.4, -0.2) is 17.2 Å². The number of carbonyl (C=O) groups is 1. The molecule has 3 rings (SSSR count). The number of benzene rings is 1. The Labute approximate surface area is 149 Å². The van der Waals surface area contributed by atoms with Crippen molar-refractivity contribution in [1.29, 1.82) is 0 Å². The summed E-state index contributed by atoms with van der Waals surface area (Å²) in [5.74, 6) is 1.01. The highest BCUT2D eigenvalue weighted by Crippen LogP contribution is 2.24. The Kier molecular flexibility index (Phi) is 5.06. The maximum Gasteiger partial charge on any atom is 0.336 e. The molecular formula is C19H20N2O5. The number of fused-ring (bicyclic) bond motifs is 1. The van der Waals surface area contributed by atoms with Crippen LogP contribution in [0.5, 0.6) is 5.75 Å². The highest BCUT2D eigenvalue weighted by Gasteiger charge is 2.17. The summed E-state index contributed by atoms with van der Waals surface area (Å²) in [4.78, 5) is 23.9. The summed E-state index contributed by atoms with van der Waals surface area (Å²) in [5, 5.41) is 7.19. The van der Waals surface area contributed by atoms with Crippen molar-refractivity contribution in [3.63, 3.8) is 0 Å². The largest absolute Gasteiger partial charge is 0.481 e. The molecule has 3 aromatic rings. The van der Waals surface area contributed by atoms with Gasteiger partial charge < -0.3 is 19.0 Å². The minimum absolute atomic E-state index is 0.330. The fraction of sp³-hybridized carbons (Fsp3) is 0.316. The second kappa shape index (κ2) is 7.43. The Morgan fingerprint density at radius 3 is 2.81 bits per heavy atom. The minimum atomic E-state index is -0.769. The van der Waals surface area contributed by atoms with Gasteiger partial charge in [0, 0.05) is 23.6 Å². The average Bonchev–Trinajstić information content (AvgIpc) is 2.99. The average molecular weight is 356 g/mol. The normalized spacial score (nSPS) is 12.1. The van der Waals surface area contributed by atoms with Gasteiger partial charge in [0.05, 0.1) is 0 Å². The third-order valence-corrected chi connectivity index (χ3v) is 3.88. The van der Waals surface area contributed by atoms with Crippen molar-refractivity contribution in [2.24, 2.45) is 0 Å². The molecule has 0 spiro atoms. The number of nitrogens with one attached hydrogen (secondary N) is 1. The van der Waals surface area contributed by atoms with E-state index in [2.05, 4.69) is 17.4 Å². The van der Waals surface area contributed by atoms with Gasteiger partial charge in [-0.3, -0.25) is 4.79 Å².